The van der Waals surface area contributed by atoms with Crippen LogP contribution in [0.3, 0.4) is 0 Å². The van der Waals surface area contributed by atoms with Gasteiger partial charge in [0.1, 0.15) is 11.9 Å². The standard InChI is InChI=1S/C23H23N5O4/c1-14(29)24-12-17-13-28(23(30)32-17)16-7-8-18-20(11-16)31-10-9-19-21(18)26-27-22(19)25-15-5-3-2-4-6-15/h2-8,11,17H,9-10,12-13H2,1H3,(H,24,29)(H2,25,26,27)/t17-/m0/s1. The van der Waals surface area contributed by atoms with Crippen molar-refractivity contribution in [3.8, 4) is 17.0 Å². The van der Waals surface area contributed by atoms with Crippen molar-refractivity contribution in [2.75, 3.05) is 29.9 Å². The minimum Gasteiger partial charge on any atom is -0.492 e. The van der Waals surface area contributed by atoms with E-state index in [-0.39, 0.29) is 12.5 Å². The molecule has 0 spiro atoms. The maximum atomic E-state index is 12.4. The number of aromatic nitrogens is 2. The van der Waals surface area contributed by atoms with E-state index in [1.165, 1.54) is 6.92 Å². The average Bonchev–Trinajstić information content (AvgIpc) is 3.30. The molecule has 32 heavy (non-hydrogen) atoms. The highest BCUT2D eigenvalue weighted by Gasteiger charge is 2.33. The number of aromatic amines is 1. The van der Waals surface area contributed by atoms with Crippen molar-refractivity contribution in [3.63, 3.8) is 0 Å². The topological polar surface area (TPSA) is 109 Å². The van der Waals surface area contributed by atoms with Crippen LogP contribution in [0.1, 0.15) is 12.5 Å². The number of benzene rings is 2. The summed E-state index contributed by atoms with van der Waals surface area (Å²) >= 11 is 0. The van der Waals surface area contributed by atoms with E-state index < -0.39 is 12.2 Å². The zero-order valence-corrected chi connectivity index (χ0v) is 17.6. The third-order valence-corrected chi connectivity index (χ3v) is 5.51. The SMILES string of the molecule is CC(=O)NC[C@H]1CN(c2ccc3c(c2)OCCc2c(Nc4ccccc4)n[nH]c2-3)C(=O)O1. The molecule has 0 radical (unpaired) electrons. The largest absolute Gasteiger partial charge is 0.492 e. The van der Waals surface area contributed by atoms with Crippen molar-refractivity contribution >= 4 is 29.2 Å². The molecule has 3 heterocycles. The Kier molecular flexibility index (Phi) is 5.14. The lowest BCUT2D eigenvalue weighted by molar-refractivity contribution is -0.119. The van der Waals surface area contributed by atoms with Gasteiger partial charge in [-0.25, -0.2) is 4.79 Å². The molecule has 9 nitrogen and oxygen atoms in total. The smallest absolute Gasteiger partial charge is 0.414 e. The molecule has 2 aliphatic rings. The van der Waals surface area contributed by atoms with Crippen LogP contribution in [-0.2, 0) is 16.0 Å². The first-order chi connectivity index (χ1) is 15.6. The molecule has 3 aromatic rings. The van der Waals surface area contributed by atoms with E-state index >= 15 is 0 Å². The summed E-state index contributed by atoms with van der Waals surface area (Å²) in [4.78, 5) is 25.1. The lowest BCUT2D eigenvalue weighted by atomic mass is 10.0. The van der Waals surface area contributed by atoms with E-state index in [2.05, 4.69) is 20.8 Å². The van der Waals surface area contributed by atoms with Crippen molar-refractivity contribution in [1.82, 2.24) is 15.5 Å². The fourth-order valence-electron chi connectivity index (χ4n) is 3.96. The number of ether oxygens (including phenoxy) is 2. The molecule has 1 saturated heterocycles. The van der Waals surface area contributed by atoms with Gasteiger partial charge in [-0.15, -0.1) is 0 Å². The second-order valence-corrected chi connectivity index (χ2v) is 7.75. The molecule has 2 aromatic carbocycles. The van der Waals surface area contributed by atoms with Crippen molar-refractivity contribution in [2.45, 2.75) is 19.4 Å². The molecular formula is C23H23N5O4. The molecule has 0 bridgehead atoms. The maximum absolute atomic E-state index is 12.4. The molecule has 5 rings (SSSR count). The van der Waals surface area contributed by atoms with Gasteiger partial charge in [-0.3, -0.25) is 14.8 Å². The zero-order chi connectivity index (χ0) is 22.1. The third-order valence-electron chi connectivity index (χ3n) is 5.51. The Bertz CT molecular complexity index is 1160. The number of cyclic esters (lactones) is 1. The maximum Gasteiger partial charge on any atom is 0.414 e. The molecule has 1 aromatic heterocycles. The number of anilines is 3. The number of hydrogen-bond donors (Lipinski definition) is 3. The molecule has 3 N–H and O–H groups in total. The monoisotopic (exact) mass is 433 g/mol. The molecule has 2 amide bonds. The van der Waals surface area contributed by atoms with Crippen LogP contribution in [0.15, 0.2) is 48.5 Å². The molecule has 0 saturated carbocycles. The van der Waals surface area contributed by atoms with E-state index in [0.29, 0.717) is 31.0 Å². The molecule has 164 valence electrons. The van der Waals surface area contributed by atoms with Gasteiger partial charge in [0.2, 0.25) is 5.91 Å². The number of hydrogen-bond acceptors (Lipinski definition) is 6. The second-order valence-electron chi connectivity index (χ2n) is 7.75. The van der Waals surface area contributed by atoms with Crippen LogP contribution < -0.4 is 20.3 Å². The number of fused-ring (bicyclic) bond motifs is 3. The quantitative estimate of drug-likeness (QED) is 0.570. The van der Waals surface area contributed by atoms with Crippen molar-refractivity contribution in [1.29, 1.82) is 0 Å². The number of para-hydroxylation sites is 1. The summed E-state index contributed by atoms with van der Waals surface area (Å²) in [6.45, 7) is 2.57. The second kappa shape index (κ2) is 8.26. The van der Waals surface area contributed by atoms with Crippen molar-refractivity contribution in [3.05, 3.63) is 54.1 Å². The highest BCUT2D eigenvalue weighted by atomic mass is 16.6. The number of amides is 2. The van der Waals surface area contributed by atoms with Gasteiger partial charge in [-0.05, 0) is 24.3 Å². The highest BCUT2D eigenvalue weighted by Crippen LogP contribution is 2.40. The van der Waals surface area contributed by atoms with Crippen LogP contribution in [0.4, 0.5) is 22.0 Å². The van der Waals surface area contributed by atoms with Gasteiger partial charge in [-0.2, -0.15) is 5.10 Å². The Morgan fingerprint density at radius 3 is 2.91 bits per heavy atom. The summed E-state index contributed by atoms with van der Waals surface area (Å²) in [6, 6.07) is 15.5. The number of rotatable bonds is 5. The Labute approximate surface area is 184 Å². The number of carbonyl (C=O) groups excluding carboxylic acids is 2. The summed E-state index contributed by atoms with van der Waals surface area (Å²) in [5, 5.41) is 13.7. The van der Waals surface area contributed by atoms with Gasteiger partial charge >= 0.3 is 6.09 Å². The summed E-state index contributed by atoms with van der Waals surface area (Å²) < 4.78 is 11.4. The fourth-order valence-corrected chi connectivity index (χ4v) is 3.96. The van der Waals surface area contributed by atoms with E-state index in [1.54, 1.807) is 4.90 Å². The first-order valence-corrected chi connectivity index (χ1v) is 10.5. The lowest BCUT2D eigenvalue weighted by Crippen LogP contribution is -2.33. The number of H-pyrrole nitrogens is 1. The predicted molar refractivity (Wildman–Crippen MR) is 119 cm³/mol. The molecule has 0 unspecified atom stereocenters. The van der Waals surface area contributed by atoms with E-state index in [9.17, 15) is 9.59 Å². The number of carbonyl (C=O) groups is 2. The van der Waals surface area contributed by atoms with Gasteiger partial charge in [0.05, 0.1) is 31.1 Å². The molecule has 0 aliphatic carbocycles. The zero-order valence-electron chi connectivity index (χ0n) is 17.6. The van der Waals surface area contributed by atoms with Crippen LogP contribution in [-0.4, -0.2) is 48.0 Å². The Morgan fingerprint density at radius 1 is 1.25 bits per heavy atom. The van der Waals surface area contributed by atoms with Crippen molar-refractivity contribution in [2.24, 2.45) is 0 Å². The minimum atomic E-state index is -0.439. The van der Waals surface area contributed by atoms with E-state index in [4.69, 9.17) is 9.47 Å². The van der Waals surface area contributed by atoms with Gasteiger partial charge in [0, 0.05) is 36.2 Å². The lowest BCUT2D eigenvalue weighted by Gasteiger charge is -2.16. The normalized spacial score (nSPS) is 17.0. The summed E-state index contributed by atoms with van der Waals surface area (Å²) in [6.07, 6.45) is -0.141. The first kappa shape index (κ1) is 19.9. The minimum absolute atomic E-state index is 0.158. The van der Waals surface area contributed by atoms with Crippen LogP contribution in [0, 0.1) is 0 Å². The Balaban J connectivity index is 1.39. The average molecular weight is 433 g/mol. The predicted octanol–water partition coefficient (Wildman–Crippen LogP) is 3.22. The number of nitrogens with one attached hydrogen (secondary N) is 3. The molecule has 1 atom stereocenters. The Morgan fingerprint density at radius 2 is 2.09 bits per heavy atom. The fraction of sp³-hybridized carbons (Fsp3) is 0.261. The van der Waals surface area contributed by atoms with Crippen LogP contribution >= 0.6 is 0 Å². The molecule has 1 fully saturated rings. The third kappa shape index (κ3) is 3.84. The van der Waals surface area contributed by atoms with Gasteiger partial charge in [0.25, 0.3) is 0 Å². The van der Waals surface area contributed by atoms with Gasteiger partial charge in [-0.1, -0.05) is 18.2 Å². The molecule has 2 aliphatic heterocycles. The van der Waals surface area contributed by atoms with Gasteiger partial charge < -0.3 is 20.1 Å². The number of nitrogens with zero attached hydrogens (tertiary/aromatic N) is 2. The van der Waals surface area contributed by atoms with Crippen LogP contribution in [0.2, 0.25) is 0 Å². The van der Waals surface area contributed by atoms with Crippen LogP contribution in [0.25, 0.3) is 11.3 Å². The molecule has 9 heteroatoms. The van der Waals surface area contributed by atoms with Gasteiger partial charge in [0.15, 0.2) is 5.82 Å². The van der Waals surface area contributed by atoms with Crippen molar-refractivity contribution < 1.29 is 19.1 Å². The Hall–Kier alpha value is -4.01. The summed E-state index contributed by atoms with van der Waals surface area (Å²) in [5.74, 6) is 1.29. The van der Waals surface area contributed by atoms with Crippen LogP contribution in [0.5, 0.6) is 5.75 Å². The van der Waals surface area contributed by atoms with E-state index in [1.807, 2.05) is 48.5 Å². The summed E-state index contributed by atoms with van der Waals surface area (Å²) in [7, 11) is 0. The summed E-state index contributed by atoms with van der Waals surface area (Å²) in [5.41, 5.74) is 4.48. The highest BCUT2D eigenvalue weighted by molar-refractivity contribution is 5.91. The first-order valence-electron chi connectivity index (χ1n) is 10.5. The molecular weight excluding hydrogens is 410 g/mol. The van der Waals surface area contributed by atoms with E-state index in [0.717, 1.165) is 28.3 Å².